The van der Waals surface area contributed by atoms with E-state index in [0.29, 0.717) is 38.0 Å². The van der Waals surface area contributed by atoms with E-state index in [0.717, 1.165) is 16.8 Å². The Kier molecular flexibility index (Phi) is 6.10. The Bertz CT molecular complexity index is 644. The van der Waals surface area contributed by atoms with Crippen molar-refractivity contribution in [2.45, 2.75) is 52.2 Å². The highest BCUT2D eigenvalue weighted by Crippen LogP contribution is 2.17. The van der Waals surface area contributed by atoms with Crippen LogP contribution < -0.4 is 5.56 Å². The molecule has 0 aromatic carbocycles. The number of halogens is 1. The lowest BCUT2D eigenvalue weighted by Crippen LogP contribution is -2.34. The van der Waals surface area contributed by atoms with Crippen molar-refractivity contribution in [3.8, 4) is 0 Å². The predicted molar refractivity (Wildman–Crippen MR) is 89.0 cm³/mol. The van der Waals surface area contributed by atoms with Crippen LogP contribution in [0.15, 0.2) is 10.9 Å². The molecule has 1 N–H and O–H groups in total. The Morgan fingerprint density at radius 1 is 1.50 bits per heavy atom. The van der Waals surface area contributed by atoms with Gasteiger partial charge in [-0.2, -0.15) is 5.10 Å². The van der Waals surface area contributed by atoms with Crippen molar-refractivity contribution in [1.82, 2.24) is 14.7 Å². The normalized spacial score (nSPS) is 19.8. The zero-order chi connectivity index (χ0) is 17.9. The molecule has 24 heavy (non-hydrogen) atoms. The smallest absolute Gasteiger partial charge is 0.328 e. The lowest BCUT2D eigenvalue weighted by molar-refractivity contribution is -0.141. The third kappa shape index (κ3) is 4.63. The van der Waals surface area contributed by atoms with Gasteiger partial charge in [-0.1, -0.05) is 13.8 Å². The molecular formula is C17H26FN3O3. The van der Waals surface area contributed by atoms with Gasteiger partial charge in [-0.25, -0.2) is 13.9 Å². The predicted octanol–water partition coefficient (Wildman–Crippen LogP) is 1.81. The number of aromatic nitrogens is 2. The van der Waals surface area contributed by atoms with Gasteiger partial charge in [0.25, 0.3) is 5.56 Å². The van der Waals surface area contributed by atoms with E-state index < -0.39 is 23.7 Å². The Balaban J connectivity index is 2.20. The number of aryl methyl sites for hydroxylation is 1. The van der Waals surface area contributed by atoms with Crippen LogP contribution in [-0.2, 0) is 11.2 Å². The fourth-order valence-corrected chi connectivity index (χ4v) is 3.07. The highest BCUT2D eigenvalue weighted by molar-refractivity contribution is 5.71. The van der Waals surface area contributed by atoms with Crippen molar-refractivity contribution in [3.63, 3.8) is 0 Å². The topological polar surface area (TPSA) is 75.4 Å². The quantitative estimate of drug-likeness (QED) is 0.820. The van der Waals surface area contributed by atoms with Gasteiger partial charge in [0.15, 0.2) is 6.04 Å². The summed E-state index contributed by atoms with van der Waals surface area (Å²) >= 11 is 0. The van der Waals surface area contributed by atoms with Crippen molar-refractivity contribution < 1.29 is 14.3 Å². The molecule has 0 saturated carbocycles. The first-order valence-electron chi connectivity index (χ1n) is 8.46. The third-order valence-electron chi connectivity index (χ3n) is 4.40. The Morgan fingerprint density at radius 2 is 2.21 bits per heavy atom. The van der Waals surface area contributed by atoms with Gasteiger partial charge in [0.05, 0.1) is 5.69 Å². The molecule has 134 valence electrons. The number of hydrogen-bond donors (Lipinski definition) is 1. The summed E-state index contributed by atoms with van der Waals surface area (Å²) in [7, 11) is 0. The minimum absolute atomic E-state index is 0.135. The molecule has 1 aromatic rings. The van der Waals surface area contributed by atoms with E-state index in [1.807, 2.05) is 18.7 Å². The minimum Gasteiger partial charge on any atom is -0.480 e. The second kappa shape index (κ2) is 7.88. The molecule has 1 aromatic heterocycles. The summed E-state index contributed by atoms with van der Waals surface area (Å²) < 4.78 is 14.3. The first-order chi connectivity index (χ1) is 11.3. The zero-order valence-corrected chi connectivity index (χ0v) is 14.5. The number of aliphatic carboxylic acids is 1. The minimum atomic E-state index is -1.05. The summed E-state index contributed by atoms with van der Waals surface area (Å²) in [5, 5.41) is 13.8. The van der Waals surface area contributed by atoms with Crippen LogP contribution in [0.25, 0.3) is 0 Å². The maximum Gasteiger partial charge on any atom is 0.328 e. The van der Waals surface area contributed by atoms with Gasteiger partial charge in [0.2, 0.25) is 0 Å². The molecule has 6 nitrogen and oxygen atoms in total. The van der Waals surface area contributed by atoms with Crippen molar-refractivity contribution in [3.05, 3.63) is 27.7 Å². The van der Waals surface area contributed by atoms with Crippen LogP contribution in [0.5, 0.6) is 0 Å². The molecule has 1 saturated heterocycles. The summed E-state index contributed by atoms with van der Waals surface area (Å²) in [6.45, 7) is 7.45. The molecule has 7 heteroatoms. The maximum atomic E-state index is 13.2. The molecule has 0 spiro atoms. The van der Waals surface area contributed by atoms with Crippen molar-refractivity contribution >= 4 is 5.97 Å². The SMILES string of the molecule is Cc1cc(=O)n(C(CC(C)C)C(=O)O)nc1CCN1CCC(F)C1. The van der Waals surface area contributed by atoms with Crippen molar-refractivity contribution in [1.29, 1.82) is 0 Å². The second-order valence-electron chi connectivity index (χ2n) is 6.98. The van der Waals surface area contributed by atoms with Crippen molar-refractivity contribution in [2.24, 2.45) is 5.92 Å². The number of carboxylic acids is 1. The lowest BCUT2D eigenvalue weighted by atomic mass is 10.0. The number of hydrogen-bond acceptors (Lipinski definition) is 4. The average molecular weight is 339 g/mol. The fraction of sp³-hybridized carbons (Fsp3) is 0.706. The molecule has 2 atom stereocenters. The molecule has 1 aliphatic heterocycles. The maximum absolute atomic E-state index is 13.2. The number of alkyl halides is 1. The number of carboxylic acid groups (broad SMARTS) is 1. The van der Waals surface area contributed by atoms with Gasteiger partial charge in [-0.15, -0.1) is 0 Å². The van der Waals surface area contributed by atoms with E-state index in [9.17, 15) is 19.1 Å². The number of likely N-dealkylation sites (tertiary alicyclic amines) is 1. The summed E-state index contributed by atoms with van der Waals surface area (Å²) in [6, 6.07) is 0.486. The van der Waals surface area contributed by atoms with Gasteiger partial charge < -0.3 is 5.11 Å². The van der Waals surface area contributed by atoms with E-state index in [1.165, 1.54) is 6.07 Å². The molecule has 2 heterocycles. The van der Waals surface area contributed by atoms with Crippen molar-refractivity contribution in [2.75, 3.05) is 19.6 Å². The van der Waals surface area contributed by atoms with E-state index >= 15 is 0 Å². The molecule has 2 unspecified atom stereocenters. The zero-order valence-electron chi connectivity index (χ0n) is 14.5. The van der Waals surface area contributed by atoms with Crippen LogP contribution in [0.3, 0.4) is 0 Å². The molecular weight excluding hydrogens is 313 g/mol. The van der Waals surface area contributed by atoms with Crippen LogP contribution in [0, 0.1) is 12.8 Å². The van der Waals surface area contributed by atoms with Crippen LogP contribution in [0.2, 0.25) is 0 Å². The molecule has 0 bridgehead atoms. The van der Waals surface area contributed by atoms with Crippen LogP contribution >= 0.6 is 0 Å². The third-order valence-corrected chi connectivity index (χ3v) is 4.40. The standard InChI is InChI=1S/C17H26FN3O3/c1-11(2)8-15(17(23)24)21-16(22)9-12(3)14(19-21)5-7-20-6-4-13(18)10-20/h9,11,13,15H,4-8,10H2,1-3H3,(H,23,24). The van der Waals surface area contributed by atoms with Gasteiger partial charge in [-0.05, 0) is 31.2 Å². The monoisotopic (exact) mass is 339 g/mol. The molecule has 1 fully saturated rings. The Labute approximate surface area is 141 Å². The number of rotatable bonds is 7. The number of nitrogens with zero attached hydrogens (tertiary/aromatic N) is 3. The Hall–Kier alpha value is -1.76. The highest BCUT2D eigenvalue weighted by atomic mass is 19.1. The fourth-order valence-electron chi connectivity index (χ4n) is 3.07. The number of carbonyl (C=O) groups is 1. The van der Waals surface area contributed by atoms with Gasteiger partial charge in [-0.3, -0.25) is 9.69 Å². The molecule has 1 aliphatic rings. The summed E-state index contributed by atoms with van der Waals surface area (Å²) in [6.07, 6.45) is 0.713. The lowest BCUT2D eigenvalue weighted by Gasteiger charge is -2.19. The molecule has 0 aliphatic carbocycles. The second-order valence-corrected chi connectivity index (χ2v) is 6.98. The summed E-state index contributed by atoms with van der Waals surface area (Å²) in [5.41, 5.74) is 1.06. The summed E-state index contributed by atoms with van der Waals surface area (Å²) in [5.74, 6) is -0.913. The van der Waals surface area contributed by atoms with Gasteiger partial charge in [0, 0.05) is 32.1 Å². The Morgan fingerprint density at radius 3 is 2.75 bits per heavy atom. The van der Waals surface area contributed by atoms with E-state index in [-0.39, 0.29) is 5.92 Å². The molecule has 2 rings (SSSR count). The average Bonchev–Trinajstić information content (AvgIpc) is 2.89. The largest absolute Gasteiger partial charge is 0.480 e. The highest BCUT2D eigenvalue weighted by Gasteiger charge is 2.25. The first-order valence-corrected chi connectivity index (χ1v) is 8.46. The molecule has 0 amide bonds. The van der Waals surface area contributed by atoms with E-state index in [2.05, 4.69) is 5.10 Å². The van der Waals surface area contributed by atoms with Gasteiger partial charge >= 0.3 is 5.97 Å². The summed E-state index contributed by atoms with van der Waals surface area (Å²) in [4.78, 5) is 25.8. The molecule has 0 radical (unpaired) electrons. The van der Waals surface area contributed by atoms with Crippen LogP contribution in [0.4, 0.5) is 4.39 Å². The van der Waals surface area contributed by atoms with E-state index in [1.54, 1.807) is 6.92 Å². The van der Waals surface area contributed by atoms with E-state index in [4.69, 9.17) is 0 Å². The van der Waals surface area contributed by atoms with Crippen LogP contribution in [-0.4, -0.2) is 51.6 Å². The van der Waals surface area contributed by atoms with Gasteiger partial charge in [0.1, 0.15) is 6.17 Å². The first kappa shape index (κ1) is 18.6. The van der Waals surface area contributed by atoms with Crippen LogP contribution in [0.1, 0.15) is 44.0 Å².